The van der Waals surface area contributed by atoms with Crippen molar-refractivity contribution in [2.45, 2.75) is 32.4 Å². The molecule has 26 heavy (non-hydrogen) atoms. The summed E-state index contributed by atoms with van der Waals surface area (Å²) in [5.41, 5.74) is 5.36. The number of hydrogen-bond donors (Lipinski definition) is 2. The van der Waals surface area contributed by atoms with Crippen LogP contribution in [0.2, 0.25) is 0 Å². The number of carbonyl (C=O) groups excluding carboxylic acids is 1. The first-order valence-electron chi connectivity index (χ1n) is 9.31. The summed E-state index contributed by atoms with van der Waals surface area (Å²) in [6.45, 7) is 3.76. The van der Waals surface area contributed by atoms with Gasteiger partial charge in [-0.15, -0.1) is 11.3 Å². The van der Waals surface area contributed by atoms with Crippen molar-refractivity contribution < 1.29 is 4.79 Å². The van der Waals surface area contributed by atoms with Crippen molar-refractivity contribution in [3.8, 4) is 0 Å². The van der Waals surface area contributed by atoms with Crippen LogP contribution >= 0.6 is 11.3 Å². The lowest BCUT2D eigenvalue weighted by molar-refractivity contribution is -0.118. The number of benzene rings is 1. The molecule has 2 aliphatic rings. The molecule has 5 nitrogen and oxygen atoms in total. The number of nitrogens with zero attached hydrogens (tertiary/aromatic N) is 2. The van der Waals surface area contributed by atoms with E-state index in [0.717, 1.165) is 56.8 Å². The molecule has 1 aromatic heterocycles. The molecule has 0 bridgehead atoms. The molecule has 0 radical (unpaired) electrons. The Hall–Kier alpha value is -1.76. The second-order valence-electron chi connectivity index (χ2n) is 7.71. The number of aromatic nitrogens is 1. The molecular formula is C20H26N4OS. The number of piperidine rings is 1. The molecule has 1 saturated carbocycles. The van der Waals surface area contributed by atoms with Crippen molar-refractivity contribution in [1.82, 2.24) is 15.2 Å². The molecular weight excluding hydrogens is 344 g/mol. The Morgan fingerprint density at radius 1 is 1.38 bits per heavy atom. The smallest absolute Gasteiger partial charge is 0.228 e. The number of amides is 1. The Bertz CT molecular complexity index is 755. The van der Waals surface area contributed by atoms with E-state index in [0.29, 0.717) is 0 Å². The molecule has 138 valence electrons. The minimum atomic E-state index is 0.194. The van der Waals surface area contributed by atoms with Gasteiger partial charge in [0, 0.05) is 30.1 Å². The molecule has 1 spiro atoms. The van der Waals surface area contributed by atoms with E-state index in [2.05, 4.69) is 45.1 Å². The fourth-order valence-corrected chi connectivity index (χ4v) is 4.68. The van der Waals surface area contributed by atoms with Crippen molar-refractivity contribution in [2.75, 3.05) is 25.5 Å². The molecule has 2 heterocycles. The zero-order valence-electron chi connectivity index (χ0n) is 15.2. The van der Waals surface area contributed by atoms with E-state index in [1.807, 2.05) is 17.6 Å². The molecule has 1 unspecified atom stereocenters. The van der Waals surface area contributed by atoms with Gasteiger partial charge in [-0.25, -0.2) is 4.98 Å². The van der Waals surface area contributed by atoms with Crippen LogP contribution in [0.3, 0.4) is 0 Å². The lowest BCUT2D eigenvalue weighted by Gasteiger charge is -2.23. The van der Waals surface area contributed by atoms with E-state index in [-0.39, 0.29) is 17.2 Å². The Morgan fingerprint density at radius 2 is 2.23 bits per heavy atom. The topological polar surface area (TPSA) is 57.3 Å². The SMILES string of the molecule is CN(Cc1cccc(NC(=O)C2CC23CCNCC3)c1)Cc1cscn1. The van der Waals surface area contributed by atoms with Gasteiger partial charge in [-0.05, 0) is 62.5 Å². The standard InChI is InChI=1S/C20H26N4OS/c1-24(12-17-13-26-14-22-17)11-15-3-2-4-16(9-15)23-19(25)18-10-20(18)5-7-21-8-6-20/h2-4,9,13-14,18,21H,5-8,10-12H2,1H3,(H,23,25). The fourth-order valence-electron chi connectivity index (χ4n) is 4.13. The highest BCUT2D eigenvalue weighted by Gasteiger charge is 2.57. The van der Waals surface area contributed by atoms with Crippen LogP contribution in [0.4, 0.5) is 5.69 Å². The minimum Gasteiger partial charge on any atom is -0.326 e. The average Bonchev–Trinajstić information content (AvgIpc) is 3.07. The Kier molecular flexibility index (Phi) is 5.07. The summed E-state index contributed by atoms with van der Waals surface area (Å²) >= 11 is 1.63. The Morgan fingerprint density at radius 3 is 3.00 bits per heavy atom. The number of rotatable bonds is 6. The van der Waals surface area contributed by atoms with Gasteiger partial charge in [0.05, 0.1) is 11.2 Å². The van der Waals surface area contributed by atoms with E-state index in [4.69, 9.17) is 0 Å². The van der Waals surface area contributed by atoms with E-state index >= 15 is 0 Å². The summed E-state index contributed by atoms with van der Waals surface area (Å²) in [5.74, 6) is 0.389. The van der Waals surface area contributed by atoms with Gasteiger partial charge in [0.25, 0.3) is 0 Å². The van der Waals surface area contributed by atoms with Gasteiger partial charge in [0.1, 0.15) is 0 Å². The van der Waals surface area contributed by atoms with Crippen LogP contribution in [0.1, 0.15) is 30.5 Å². The summed E-state index contributed by atoms with van der Waals surface area (Å²) in [5, 5.41) is 8.62. The molecule has 2 fully saturated rings. The van der Waals surface area contributed by atoms with Gasteiger partial charge in [-0.3, -0.25) is 9.69 Å². The number of thiazole rings is 1. The highest BCUT2D eigenvalue weighted by Crippen LogP contribution is 2.58. The molecule has 1 atom stereocenters. The van der Waals surface area contributed by atoms with Gasteiger partial charge in [-0.1, -0.05) is 12.1 Å². The molecule has 1 saturated heterocycles. The number of anilines is 1. The van der Waals surface area contributed by atoms with Crippen LogP contribution in [0, 0.1) is 11.3 Å². The van der Waals surface area contributed by atoms with Crippen molar-refractivity contribution >= 4 is 22.9 Å². The van der Waals surface area contributed by atoms with Crippen molar-refractivity contribution in [1.29, 1.82) is 0 Å². The van der Waals surface area contributed by atoms with Gasteiger partial charge in [-0.2, -0.15) is 0 Å². The van der Waals surface area contributed by atoms with Crippen molar-refractivity contribution in [3.05, 3.63) is 46.4 Å². The summed E-state index contributed by atoms with van der Waals surface area (Å²) in [6, 6.07) is 8.21. The van der Waals surface area contributed by atoms with Gasteiger partial charge in [0.15, 0.2) is 0 Å². The average molecular weight is 371 g/mol. The number of nitrogens with one attached hydrogen (secondary N) is 2. The maximum atomic E-state index is 12.6. The van der Waals surface area contributed by atoms with Crippen LogP contribution in [0.5, 0.6) is 0 Å². The van der Waals surface area contributed by atoms with Gasteiger partial charge in [0.2, 0.25) is 5.91 Å². The Balaban J connectivity index is 1.33. The maximum Gasteiger partial charge on any atom is 0.228 e. The predicted octanol–water partition coefficient (Wildman–Crippen LogP) is 3.10. The van der Waals surface area contributed by atoms with Crippen molar-refractivity contribution in [2.24, 2.45) is 11.3 Å². The highest BCUT2D eigenvalue weighted by molar-refractivity contribution is 7.07. The number of hydrogen-bond acceptors (Lipinski definition) is 5. The largest absolute Gasteiger partial charge is 0.326 e. The fraction of sp³-hybridized carbons (Fsp3) is 0.500. The van der Waals surface area contributed by atoms with Crippen LogP contribution in [0.25, 0.3) is 0 Å². The van der Waals surface area contributed by atoms with Crippen LogP contribution in [-0.4, -0.2) is 35.9 Å². The van der Waals surface area contributed by atoms with Crippen molar-refractivity contribution in [3.63, 3.8) is 0 Å². The van der Waals surface area contributed by atoms with Crippen LogP contribution < -0.4 is 10.6 Å². The monoisotopic (exact) mass is 370 g/mol. The summed E-state index contributed by atoms with van der Waals surface area (Å²) in [7, 11) is 2.09. The first-order valence-corrected chi connectivity index (χ1v) is 10.3. The zero-order valence-corrected chi connectivity index (χ0v) is 16.0. The van der Waals surface area contributed by atoms with E-state index in [1.165, 1.54) is 5.56 Å². The number of carbonyl (C=O) groups is 1. The van der Waals surface area contributed by atoms with E-state index < -0.39 is 0 Å². The summed E-state index contributed by atoms with van der Waals surface area (Å²) in [4.78, 5) is 19.2. The van der Waals surface area contributed by atoms with Crippen LogP contribution in [0.15, 0.2) is 35.2 Å². The molecule has 2 aromatic rings. The third-order valence-corrected chi connectivity index (χ3v) is 6.30. The molecule has 2 N–H and O–H groups in total. The normalized spacial score (nSPS) is 21.1. The first kappa shape index (κ1) is 17.6. The molecule has 1 amide bonds. The third-order valence-electron chi connectivity index (χ3n) is 5.67. The summed E-state index contributed by atoms with van der Waals surface area (Å²) in [6.07, 6.45) is 3.32. The quantitative estimate of drug-likeness (QED) is 0.820. The molecule has 4 rings (SSSR count). The summed E-state index contributed by atoms with van der Waals surface area (Å²) < 4.78 is 0. The van der Waals surface area contributed by atoms with E-state index in [9.17, 15) is 4.79 Å². The second kappa shape index (κ2) is 7.47. The molecule has 1 aliphatic carbocycles. The maximum absolute atomic E-state index is 12.6. The van der Waals surface area contributed by atoms with Gasteiger partial charge >= 0.3 is 0 Å². The Labute approximate surface area is 158 Å². The third kappa shape index (κ3) is 3.98. The predicted molar refractivity (Wildman–Crippen MR) is 105 cm³/mol. The first-order chi connectivity index (χ1) is 12.6. The minimum absolute atomic E-state index is 0.194. The van der Waals surface area contributed by atoms with Gasteiger partial charge < -0.3 is 10.6 Å². The highest BCUT2D eigenvalue weighted by atomic mass is 32.1. The molecule has 6 heteroatoms. The van der Waals surface area contributed by atoms with Crippen LogP contribution in [-0.2, 0) is 17.9 Å². The lowest BCUT2D eigenvalue weighted by atomic mass is 9.92. The molecule has 1 aliphatic heterocycles. The van der Waals surface area contributed by atoms with E-state index in [1.54, 1.807) is 11.3 Å². The zero-order chi connectivity index (χ0) is 18.0. The second-order valence-corrected chi connectivity index (χ2v) is 8.43. The molecule has 1 aromatic carbocycles. The lowest BCUT2D eigenvalue weighted by Crippen LogP contribution is -2.31.